The van der Waals surface area contributed by atoms with Crippen LogP contribution in [0.4, 0.5) is 14.6 Å². The Bertz CT molecular complexity index is 1240. The number of halogens is 1. The molecule has 0 aliphatic carbocycles. The van der Waals surface area contributed by atoms with E-state index in [1.807, 2.05) is 37.3 Å². The fraction of sp³-hybridized carbons (Fsp3) is 0.517. The quantitative estimate of drug-likeness (QED) is 0.396. The molecule has 2 aromatic rings. The van der Waals surface area contributed by atoms with Crippen LogP contribution in [0.5, 0.6) is 5.75 Å². The number of methoxy groups -OCH3 is 1. The number of hydrogen-bond acceptors (Lipinski definition) is 6. The van der Waals surface area contributed by atoms with Crippen LogP contribution in [0.25, 0.3) is 0 Å². The van der Waals surface area contributed by atoms with E-state index in [0.717, 1.165) is 16.7 Å². The molecule has 3 aliphatic rings. The van der Waals surface area contributed by atoms with Gasteiger partial charge in [0.05, 0.1) is 25.3 Å². The molecule has 2 aromatic carbocycles. The van der Waals surface area contributed by atoms with Crippen molar-refractivity contribution in [2.24, 2.45) is 5.92 Å². The molecule has 10 heteroatoms. The lowest BCUT2D eigenvalue weighted by atomic mass is 9.86. The Morgan fingerprint density at radius 2 is 1.97 bits per heavy atom. The maximum atomic E-state index is 16.0. The summed E-state index contributed by atoms with van der Waals surface area (Å²) in [7, 11) is -1.80. The Labute approximate surface area is 229 Å². The van der Waals surface area contributed by atoms with E-state index < -0.39 is 32.3 Å². The molecular formula is C29H37FN2O6Si. The van der Waals surface area contributed by atoms with Gasteiger partial charge in [-0.05, 0) is 48.8 Å². The summed E-state index contributed by atoms with van der Waals surface area (Å²) in [6, 6.07) is 13.0. The number of cyclic esters (lactones) is 1. The van der Waals surface area contributed by atoms with Crippen molar-refractivity contribution in [2.75, 3.05) is 31.8 Å². The van der Waals surface area contributed by atoms with E-state index >= 15 is 4.11 Å². The molecule has 1 unspecified atom stereocenters. The van der Waals surface area contributed by atoms with Gasteiger partial charge in [-0.3, -0.25) is 9.69 Å². The molecule has 3 aliphatic heterocycles. The number of aliphatic hydroxyl groups is 1. The number of fused-ring (bicyclic) bond motifs is 2. The van der Waals surface area contributed by atoms with Crippen molar-refractivity contribution in [3.63, 3.8) is 0 Å². The van der Waals surface area contributed by atoms with Gasteiger partial charge in [0.15, 0.2) is 0 Å². The minimum Gasteiger partial charge on any atom is -0.490 e. The first kappa shape index (κ1) is 27.6. The summed E-state index contributed by atoms with van der Waals surface area (Å²) in [6.07, 6.45) is -0.810. The van der Waals surface area contributed by atoms with Crippen LogP contribution in [0.2, 0.25) is 18.6 Å². The number of nitrogens with zero attached hydrogens (tertiary/aromatic N) is 2. The molecule has 39 heavy (non-hydrogen) atoms. The van der Waals surface area contributed by atoms with Crippen LogP contribution in [-0.4, -0.2) is 69.4 Å². The summed E-state index contributed by atoms with van der Waals surface area (Å²) in [5, 5.41) is 10.1. The molecule has 1 saturated heterocycles. The van der Waals surface area contributed by atoms with E-state index in [1.54, 1.807) is 42.1 Å². The predicted molar refractivity (Wildman–Crippen MR) is 147 cm³/mol. The van der Waals surface area contributed by atoms with Gasteiger partial charge < -0.3 is 28.3 Å². The molecule has 0 saturated carbocycles. The number of ether oxygens (including phenoxy) is 3. The van der Waals surface area contributed by atoms with Gasteiger partial charge in [0.1, 0.15) is 18.5 Å². The molecule has 2 amide bonds. The van der Waals surface area contributed by atoms with E-state index in [9.17, 15) is 14.7 Å². The lowest BCUT2D eigenvalue weighted by Crippen LogP contribution is -2.50. The zero-order valence-corrected chi connectivity index (χ0v) is 23.9. The van der Waals surface area contributed by atoms with Crippen molar-refractivity contribution in [3.8, 4) is 5.75 Å². The van der Waals surface area contributed by atoms with Crippen molar-refractivity contribution >= 4 is 26.1 Å². The minimum atomic E-state index is -3.41. The monoisotopic (exact) mass is 556 g/mol. The number of benzene rings is 2. The van der Waals surface area contributed by atoms with Crippen LogP contribution in [0.1, 0.15) is 36.1 Å². The average molecular weight is 557 g/mol. The Morgan fingerprint density at radius 1 is 1.23 bits per heavy atom. The number of hydrogen-bond donors (Lipinski definition) is 1. The summed E-state index contributed by atoms with van der Waals surface area (Å²) >= 11 is 0. The molecule has 5 rings (SSSR count). The highest BCUT2D eigenvalue weighted by Crippen LogP contribution is 2.48. The zero-order chi connectivity index (χ0) is 27.9. The van der Waals surface area contributed by atoms with Gasteiger partial charge in [-0.1, -0.05) is 31.2 Å². The van der Waals surface area contributed by atoms with Crippen molar-refractivity contribution in [1.82, 2.24) is 4.90 Å². The lowest BCUT2D eigenvalue weighted by Gasteiger charge is -2.44. The largest absolute Gasteiger partial charge is 0.490 e. The number of carbonyl (C=O) groups is 2. The SMILES string of the molecule is CO[C@@H]1c2cc(N3CCOC3=O)ccc2O[C@H](C(CC(=O)N2Cc3ccccc3C[C@H]2CO)[Si](C)(C)F)[C@H]1C. The number of amides is 2. The Morgan fingerprint density at radius 3 is 2.62 bits per heavy atom. The Kier molecular flexibility index (Phi) is 7.72. The molecule has 5 atom stereocenters. The van der Waals surface area contributed by atoms with Crippen LogP contribution in [-0.2, 0) is 27.2 Å². The van der Waals surface area contributed by atoms with Gasteiger partial charge in [0, 0.05) is 42.8 Å². The van der Waals surface area contributed by atoms with E-state index in [-0.39, 0.29) is 30.9 Å². The third kappa shape index (κ3) is 5.29. The molecule has 210 valence electrons. The predicted octanol–water partition coefficient (Wildman–Crippen LogP) is 4.61. The molecule has 0 spiro atoms. The zero-order valence-electron chi connectivity index (χ0n) is 22.9. The van der Waals surface area contributed by atoms with Crippen LogP contribution in [0.3, 0.4) is 0 Å². The smallest absolute Gasteiger partial charge is 0.414 e. The molecule has 1 fully saturated rings. The molecular weight excluding hydrogens is 519 g/mol. The summed E-state index contributed by atoms with van der Waals surface area (Å²) in [6.45, 7) is 6.26. The standard InChI is InChI=1S/C29H37FN2O6Si/c1-18-27(36-2)23-14-21(31-11-12-37-29(31)35)9-10-24(23)38-28(18)25(39(3,4)30)15-26(34)32-16-20-8-6-5-7-19(20)13-22(32)17-33/h5-10,14,18,22,25,27-28,33H,11-13,15-17H2,1-4H3/t18-,22-,25?,27-,28-/m0/s1. The van der Waals surface area contributed by atoms with Gasteiger partial charge in [0.25, 0.3) is 0 Å². The van der Waals surface area contributed by atoms with Gasteiger partial charge in [-0.25, -0.2) is 4.79 Å². The third-order valence-electron chi connectivity index (χ3n) is 8.44. The topological polar surface area (TPSA) is 88.5 Å². The molecule has 0 bridgehead atoms. The van der Waals surface area contributed by atoms with E-state index in [1.165, 1.54) is 0 Å². The molecule has 0 aromatic heterocycles. The van der Waals surface area contributed by atoms with Crippen LogP contribution < -0.4 is 9.64 Å². The van der Waals surface area contributed by atoms with Crippen LogP contribution >= 0.6 is 0 Å². The maximum absolute atomic E-state index is 16.0. The minimum absolute atomic E-state index is 0.00708. The highest BCUT2D eigenvalue weighted by molar-refractivity contribution is 6.72. The number of anilines is 1. The van der Waals surface area contributed by atoms with Crippen molar-refractivity contribution in [2.45, 2.75) is 63.2 Å². The third-order valence-corrected chi connectivity index (χ3v) is 10.7. The molecule has 1 N–H and O–H groups in total. The summed E-state index contributed by atoms with van der Waals surface area (Å²) in [5.41, 5.74) is 3.03. The summed E-state index contributed by atoms with van der Waals surface area (Å²) < 4.78 is 33.5. The first-order valence-electron chi connectivity index (χ1n) is 13.6. The number of rotatable bonds is 7. The van der Waals surface area contributed by atoms with Gasteiger partial charge >= 0.3 is 6.09 Å². The summed E-state index contributed by atoms with van der Waals surface area (Å²) in [5.74, 6) is 0.140. The first-order valence-corrected chi connectivity index (χ1v) is 16.5. The van der Waals surface area contributed by atoms with Gasteiger partial charge in [-0.2, -0.15) is 0 Å². The number of carbonyl (C=O) groups excluding carboxylic acids is 2. The average Bonchev–Trinajstić information content (AvgIpc) is 3.35. The fourth-order valence-corrected chi connectivity index (χ4v) is 8.07. The fourth-order valence-electron chi connectivity index (χ4n) is 6.26. The van der Waals surface area contributed by atoms with E-state index in [0.29, 0.717) is 37.6 Å². The molecule has 3 heterocycles. The second-order valence-corrected chi connectivity index (χ2v) is 15.2. The van der Waals surface area contributed by atoms with E-state index in [4.69, 9.17) is 14.2 Å². The lowest BCUT2D eigenvalue weighted by molar-refractivity contribution is -0.136. The summed E-state index contributed by atoms with van der Waals surface area (Å²) in [4.78, 5) is 29.1. The molecule has 0 radical (unpaired) electrons. The van der Waals surface area contributed by atoms with Crippen molar-refractivity contribution < 1.29 is 33.0 Å². The second-order valence-electron chi connectivity index (χ2n) is 11.3. The van der Waals surface area contributed by atoms with Crippen molar-refractivity contribution in [1.29, 1.82) is 0 Å². The highest BCUT2D eigenvalue weighted by atomic mass is 28.4. The van der Waals surface area contributed by atoms with Gasteiger partial charge in [-0.15, -0.1) is 0 Å². The molecule has 8 nitrogen and oxygen atoms in total. The first-order chi connectivity index (χ1) is 18.6. The maximum Gasteiger partial charge on any atom is 0.414 e. The van der Waals surface area contributed by atoms with E-state index in [2.05, 4.69) is 0 Å². The second kappa shape index (κ2) is 10.9. The highest BCUT2D eigenvalue weighted by Gasteiger charge is 2.49. The van der Waals surface area contributed by atoms with Crippen molar-refractivity contribution in [3.05, 3.63) is 59.2 Å². The normalized spacial score (nSPS) is 25.4. The Balaban J connectivity index is 1.41. The van der Waals surface area contributed by atoms with Gasteiger partial charge in [0.2, 0.25) is 14.3 Å². The number of aliphatic hydroxyl groups excluding tert-OH is 1. The van der Waals surface area contributed by atoms with Crippen LogP contribution in [0, 0.1) is 5.92 Å². The Hall–Kier alpha value is -2.95. The van der Waals surface area contributed by atoms with Crippen LogP contribution in [0.15, 0.2) is 42.5 Å².